The van der Waals surface area contributed by atoms with Crippen molar-refractivity contribution < 1.29 is 50.6 Å². The van der Waals surface area contributed by atoms with Crippen molar-refractivity contribution in [3.63, 3.8) is 0 Å². The fourth-order valence-corrected chi connectivity index (χ4v) is 51.2. The summed E-state index contributed by atoms with van der Waals surface area (Å²) >= 11 is 0. The molecule has 0 bridgehead atoms. The lowest BCUT2D eigenvalue weighted by Crippen LogP contribution is -2.56. The lowest BCUT2D eigenvalue weighted by Gasteiger charge is -2.37. The van der Waals surface area contributed by atoms with Crippen LogP contribution in [0.1, 0.15) is 0 Å². The Balaban J connectivity index is 1.65. The van der Waals surface area contributed by atoms with Crippen molar-refractivity contribution in [2.75, 3.05) is 9.80 Å². The summed E-state index contributed by atoms with van der Waals surface area (Å²) in [7, 11) is -28.6. The Hall–Kier alpha value is -2.82. The standard InChI is InChI=1S/C58H104N2O12Si12/c1-73(2,3)65-81(25,66-74(4,5)6)61-55-41-33-51(34-42-55)59(52-35-43-56(44-36-52)62-82(26,67-75(7,8)9)68-76(10,11)12)49-29-31-50(32-30-49)60(53-37-45-57(46-38-53)63-83(27,69-77(13,14)15)70-78(16,17)18)54-39-47-58(48-40-54)64-84(28,71-79(19,20)21)72-80(22,23)24/h29-48H,1-28H3. The van der Waals surface area contributed by atoms with Crippen LogP contribution in [0.15, 0.2) is 121 Å². The van der Waals surface area contributed by atoms with Crippen LogP contribution in [0, 0.1) is 0 Å². The summed E-state index contributed by atoms with van der Waals surface area (Å²) in [6.45, 7) is 60.3. The molecule has 0 aromatic heterocycles. The van der Waals surface area contributed by atoms with Gasteiger partial charge in [0.15, 0.2) is 66.5 Å². The van der Waals surface area contributed by atoms with E-state index in [0.717, 1.165) is 34.1 Å². The van der Waals surface area contributed by atoms with Gasteiger partial charge in [-0.3, -0.25) is 0 Å². The van der Waals surface area contributed by atoms with Gasteiger partial charge in [-0.05, 0) is 278 Å². The third kappa shape index (κ3) is 25.0. The Labute approximate surface area is 520 Å². The number of hydrogen-bond acceptors (Lipinski definition) is 14. The molecule has 0 amide bonds. The van der Waals surface area contributed by atoms with Crippen LogP contribution in [0.2, 0.25) is 183 Å². The largest absolute Gasteiger partial charge is 0.541 e. The second-order valence-corrected chi connectivity index (χ2v) is 77.8. The summed E-state index contributed by atoms with van der Waals surface area (Å²) in [4.78, 5) is 4.47. The molecule has 0 fully saturated rings. The molecule has 14 nitrogen and oxygen atoms in total. The maximum Gasteiger partial charge on any atom is 0.541 e. The van der Waals surface area contributed by atoms with Gasteiger partial charge in [-0.1, -0.05) is 0 Å². The molecule has 0 aliphatic carbocycles. The molecule has 84 heavy (non-hydrogen) atoms. The summed E-state index contributed by atoms with van der Waals surface area (Å²) in [6.07, 6.45) is 0. The summed E-state index contributed by atoms with van der Waals surface area (Å²) in [6, 6.07) is 41.5. The topological polar surface area (TPSA) is 117 Å². The van der Waals surface area contributed by atoms with E-state index in [-0.39, 0.29) is 0 Å². The van der Waals surface area contributed by atoms with Crippen molar-refractivity contribution in [1.29, 1.82) is 0 Å². The summed E-state index contributed by atoms with van der Waals surface area (Å²) in [5, 5.41) is 0. The lowest BCUT2D eigenvalue weighted by atomic mass is 10.1. The normalized spacial score (nSPS) is 13.9. The van der Waals surface area contributed by atoms with Crippen molar-refractivity contribution in [2.45, 2.75) is 183 Å². The van der Waals surface area contributed by atoms with Crippen LogP contribution in [0.5, 0.6) is 23.0 Å². The monoisotopic (exact) mass is 1360 g/mol. The molecule has 5 aromatic carbocycles. The summed E-state index contributed by atoms with van der Waals surface area (Å²) < 4.78 is 81.0. The Morgan fingerprint density at radius 3 is 0.393 bits per heavy atom. The quantitative estimate of drug-likeness (QED) is 0.0406. The van der Waals surface area contributed by atoms with Crippen LogP contribution < -0.4 is 27.5 Å². The molecule has 0 spiro atoms. The average Bonchev–Trinajstić information content (AvgIpc) is 1.95. The van der Waals surface area contributed by atoms with E-state index in [4.69, 9.17) is 50.6 Å². The SMILES string of the molecule is C[Si](C)(C)O[Si](C)(Oc1ccc(N(c2ccc(O[Si](C)(O[Si](C)(C)C)O[Si](C)(C)C)cc2)c2ccc(N(c3ccc(O[Si](C)(O[Si](C)(C)C)O[Si](C)(C)C)cc3)c3ccc(O[Si](C)(O[Si](C)(C)C)O[Si](C)(C)C)cc3)cc2)cc1)O[Si](C)(C)C. The summed E-state index contributed by atoms with van der Waals surface area (Å²) in [5.41, 5.74) is 5.57. The number of benzene rings is 5. The van der Waals surface area contributed by atoms with Crippen molar-refractivity contribution in [3.05, 3.63) is 121 Å². The molecule has 0 saturated heterocycles. The maximum atomic E-state index is 6.77. The highest BCUT2D eigenvalue weighted by molar-refractivity contribution is 6.88. The second-order valence-electron chi connectivity index (χ2n) is 29.7. The highest BCUT2D eigenvalue weighted by atomic mass is 28.5. The van der Waals surface area contributed by atoms with Crippen molar-refractivity contribution in [1.82, 2.24) is 0 Å². The Morgan fingerprint density at radius 1 is 0.179 bits per heavy atom. The number of rotatable bonds is 30. The van der Waals surface area contributed by atoms with Crippen LogP contribution in [0.3, 0.4) is 0 Å². The van der Waals surface area contributed by atoms with E-state index in [9.17, 15) is 0 Å². The molecule has 0 aliphatic rings. The molecule has 0 atom stereocenters. The van der Waals surface area contributed by atoms with E-state index in [1.165, 1.54) is 0 Å². The predicted octanol–water partition coefficient (Wildman–Crippen LogP) is 19.2. The Morgan fingerprint density at radius 2 is 0.286 bits per heavy atom. The van der Waals surface area contributed by atoms with Crippen LogP contribution in [0.4, 0.5) is 34.1 Å². The van der Waals surface area contributed by atoms with E-state index in [1.807, 2.05) is 74.7 Å². The first-order valence-corrected chi connectivity index (χ1v) is 65.5. The molecule has 0 heterocycles. The molecular formula is C58H104N2O12Si12. The first-order valence-electron chi connectivity index (χ1n) is 29.3. The van der Waals surface area contributed by atoms with Gasteiger partial charge in [0.1, 0.15) is 23.0 Å². The zero-order valence-electron chi connectivity index (χ0n) is 56.3. The highest BCUT2D eigenvalue weighted by Gasteiger charge is 2.49. The molecule has 0 saturated carbocycles. The molecule has 5 aromatic rings. The van der Waals surface area contributed by atoms with Gasteiger partial charge >= 0.3 is 35.2 Å². The molecule has 0 unspecified atom stereocenters. The number of anilines is 6. The zero-order valence-corrected chi connectivity index (χ0v) is 68.3. The van der Waals surface area contributed by atoms with Gasteiger partial charge in [-0.25, -0.2) is 0 Å². The number of nitrogens with zero attached hydrogens (tertiary/aromatic N) is 2. The zero-order chi connectivity index (χ0) is 63.6. The Bertz CT molecular complexity index is 2460. The van der Waals surface area contributed by atoms with E-state index >= 15 is 0 Å². The Kier molecular flexibility index (Phi) is 22.9. The molecule has 0 N–H and O–H groups in total. The van der Waals surface area contributed by atoms with Gasteiger partial charge in [0.25, 0.3) is 0 Å². The van der Waals surface area contributed by atoms with E-state index in [2.05, 4.69) is 240 Å². The van der Waals surface area contributed by atoms with Gasteiger partial charge in [-0.2, -0.15) is 0 Å². The molecule has 0 radical (unpaired) electrons. The molecular weight excluding hydrogens is 1250 g/mol. The highest BCUT2D eigenvalue weighted by Crippen LogP contribution is 2.42. The lowest BCUT2D eigenvalue weighted by molar-refractivity contribution is 0.264. The third-order valence-corrected chi connectivity index (χ3v) is 44.8. The minimum absolute atomic E-state index is 0.694. The first-order chi connectivity index (χ1) is 37.9. The predicted molar refractivity (Wildman–Crippen MR) is 380 cm³/mol. The van der Waals surface area contributed by atoms with Crippen LogP contribution in [-0.4, -0.2) is 102 Å². The van der Waals surface area contributed by atoms with Crippen LogP contribution in [-0.2, 0) is 32.9 Å². The first kappa shape index (κ1) is 71.9. The van der Waals surface area contributed by atoms with Crippen molar-refractivity contribution in [2.24, 2.45) is 0 Å². The van der Waals surface area contributed by atoms with Crippen LogP contribution in [0.25, 0.3) is 0 Å². The minimum atomic E-state index is -3.07. The number of hydrogen-bond donors (Lipinski definition) is 0. The summed E-state index contributed by atoms with van der Waals surface area (Å²) in [5.74, 6) is 2.77. The van der Waals surface area contributed by atoms with Gasteiger partial charge < -0.3 is 60.4 Å². The molecule has 26 heteroatoms. The second kappa shape index (κ2) is 26.7. The molecule has 466 valence electrons. The van der Waals surface area contributed by atoms with E-state index in [0.29, 0.717) is 23.0 Å². The smallest absolute Gasteiger partial charge is 0.502 e. The van der Waals surface area contributed by atoms with Crippen molar-refractivity contribution >= 4 is 136 Å². The van der Waals surface area contributed by atoms with Gasteiger partial charge in [0.2, 0.25) is 0 Å². The van der Waals surface area contributed by atoms with Gasteiger partial charge in [-0.15, -0.1) is 0 Å². The fourth-order valence-electron chi connectivity index (χ4n) is 9.85. The molecule has 5 rings (SSSR count). The van der Waals surface area contributed by atoms with Crippen molar-refractivity contribution in [3.8, 4) is 23.0 Å². The van der Waals surface area contributed by atoms with Crippen LogP contribution >= 0.6 is 0 Å². The minimum Gasteiger partial charge on any atom is -0.502 e. The van der Waals surface area contributed by atoms with Gasteiger partial charge in [0, 0.05) is 60.3 Å². The maximum absolute atomic E-state index is 6.77. The molecule has 0 aliphatic heterocycles. The fraction of sp³-hybridized carbons (Fsp3) is 0.483. The average molecular weight is 1360 g/mol. The third-order valence-electron chi connectivity index (χ3n) is 10.9. The van der Waals surface area contributed by atoms with Gasteiger partial charge in [0.05, 0.1) is 0 Å². The van der Waals surface area contributed by atoms with E-state index in [1.54, 1.807) is 0 Å². The van der Waals surface area contributed by atoms with E-state index < -0.39 is 102 Å².